The number of nitrogens with zero attached hydrogens (tertiary/aromatic N) is 1. The Balaban J connectivity index is 1.92. The van der Waals surface area contributed by atoms with E-state index in [-0.39, 0.29) is 5.91 Å². The fourth-order valence-corrected chi connectivity index (χ4v) is 2.74. The van der Waals surface area contributed by atoms with E-state index in [9.17, 15) is 13.6 Å². The molecular formula is C22H28F2N4O2. The third-order valence-electron chi connectivity index (χ3n) is 4.16. The van der Waals surface area contributed by atoms with Crippen LogP contribution in [-0.4, -0.2) is 45.0 Å². The molecule has 0 saturated carbocycles. The van der Waals surface area contributed by atoms with E-state index in [1.54, 1.807) is 31.3 Å². The van der Waals surface area contributed by atoms with Gasteiger partial charge in [0.1, 0.15) is 12.4 Å². The van der Waals surface area contributed by atoms with Crippen molar-refractivity contribution in [3.8, 4) is 5.75 Å². The molecular weight excluding hydrogens is 390 g/mol. The molecule has 0 bridgehead atoms. The van der Waals surface area contributed by atoms with Crippen LogP contribution in [0.5, 0.6) is 5.75 Å². The molecule has 2 aromatic carbocycles. The summed E-state index contributed by atoms with van der Waals surface area (Å²) in [5.74, 6) is 0.940. The highest BCUT2D eigenvalue weighted by molar-refractivity contribution is 5.94. The minimum atomic E-state index is -2.51. The Hall–Kier alpha value is -3.16. The van der Waals surface area contributed by atoms with Gasteiger partial charge in [0.15, 0.2) is 5.96 Å². The third-order valence-corrected chi connectivity index (χ3v) is 4.16. The second-order valence-electron chi connectivity index (χ2n) is 6.50. The van der Waals surface area contributed by atoms with Crippen LogP contribution in [0.25, 0.3) is 0 Å². The molecule has 0 unspecified atom stereocenters. The van der Waals surface area contributed by atoms with Crippen LogP contribution in [0.2, 0.25) is 0 Å². The highest BCUT2D eigenvalue weighted by Gasteiger charge is 2.06. The molecule has 1 amide bonds. The summed E-state index contributed by atoms with van der Waals surface area (Å²) in [6.45, 7) is 3.07. The quantitative estimate of drug-likeness (QED) is 0.410. The number of hydrogen-bond donors (Lipinski definition) is 3. The van der Waals surface area contributed by atoms with E-state index in [2.05, 4.69) is 20.9 Å². The first kappa shape index (κ1) is 23.1. The van der Waals surface area contributed by atoms with Gasteiger partial charge in [0.25, 0.3) is 12.3 Å². The van der Waals surface area contributed by atoms with Gasteiger partial charge in [-0.1, -0.05) is 24.3 Å². The molecule has 0 aromatic heterocycles. The van der Waals surface area contributed by atoms with E-state index >= 15 is 0 Å². The summed E-state index contributed by atoms with van der Waals surface area (Å²) in [4.78, 5) is 16.3. The molecule has 0 atom stereocenters. The zero-order valence-corrected chi connectivity index (χ0v) is 17.3. The van der Waals surface area contributed by atoms with Gasteiger partial charge in [0.2, 0.25) is 0 Å². The number of ether oxygens (including phenoxy) is 1. The van der Waals surface area contributed by atoms with Crippen molar-refractivity contribution in [1.29, 1.82) is 0 Å². The first-order valence-corrected chi connectivity index (χ1v) is 9.85. The average molecular weight is 418 g/mol. The van der Waals surface area contributed by atoms with Crippen LogP contribution in [0.4, 0.5) is 8.78 Å². The van der Waals surface area contributed by atoms with Gasteiger partial charge in [-0.2, -0.15) is 0 Å². The van der Waals surface area contributed by atoms with Crippen LogP contribution >= 0.6 is 0 Å². The summed E-state index contributed by atoms with van der Waals surface area (Å²) in [5, 5.41) is 9.06. The summed E-state index contributed by atoms with van der Waals surface area (Å²) < 4.78 is 29.6. The van der Waals surface area contributed by atoms with Crippen LogP contribution in [0.3, 0.4) is 0 Å². The molecule has 0 fully saturated rings. The predicted octanol–water partition coefficient (Wildman–Crippen LogP) is 2.99. The summed E-state index contributed by atoms with van der Waals surface area (Å²) >= 11 is 0. The van der Waals surface area contributed by atoms with Crippen LogP contribution in [0.1, 0.15) is 28.4 Å². The van der Waals surface area contributed by atoms with E-state index in [1.807, 2.05) is 31.2 Å². The molecule has 0 saturated heterocycles. The second-order valence-corrected chi connectivity index (χ2v) is 6.50. The maximum Gasteiger partial charge on any atom is 0.272 e. The lowest BCUT2D eigenvalue weighted by Gasteiger charge is -2.12. The largest absolute Gasteiger partial charge is 0.488 e. The molecule has 0 heterocycles. The fourth-order valence-electron chi connectivity index (χ4n) is 2.74. The maximum atomic E-state index is 12.3. The van der Waals surface area contributed by atoms with Gasteiger partial charge in [-0.3, -0.25) is 4.79 Å². The van der Waals surface area contributed by atoms with Gasteiger partial charge in [-0.05, 0) is 48.7 Å². The summed E-state index contributed by atoms with van der Waals surface area (Å²) in [7, 11) is 1.61. The van der Waals surface area contributed by atoms with Gasteiger partial charge < -0.3 is 20.7 Å². The first-order valence-electron chi connectivity index (χ1n) is 9.85. The topological polar surface area (TPSA) is 74.8 Å². The number of carbonyl (C=O) groups excluding carboxylic acids is 1. The molecule has 0 aliphatic carbocycles. The normalized spacial score (nSPS) is 11.3. The van der Waals surface area contributed by atoms with Gasteiger partial charge in [0, 0.05) is 25.7 Å². The Morgan fingerprint density at radius 1 is 1.10 bits per heavy atom. The van der Waals surface area contributed by atoms with E-state index in [0.29, 0.717) is 36.9 Å². The van der Waals surface area contributed by atoms with E-state index in [1.165, 1.54) is 0 Å². The number of benzene rings is 2. The second kappa shape index (κ2) is 12.4. The van der Waals surface area contributed by atoms with Crippen molar-refractivity contribution in [2.24, 2.45) is 4.99 Å². The molecule has 6 nitrogen and oxygen atoms in total. The van der Waals surface area contributed by atoms with Crippen molar-refractivity contribution in [1.82, 2.24) is 16.0 Å². The lowest BCUT2D eigenvalue weighted by molar-refractivity contribution is 0.0818. The number of hydrogen-bond acceptors (Lipinski definition) is 3. The molecule has 2 rings (SSSR count). The monoisotopic (exact) mass is 418 g/mol. The predicted molar refractivity (Wildman–Crippen MR) is 114 cm³/mol. The molecule has 3 N–H and O–H groups in total. The van der Waals surface area contributed by atoms with Gasteiger partial charge in [-0.15, -0.1) is 0 Å². The van der Waals surface area contributed by atoms with Crippen molar-refractivity contribution in [2.75, 3.05) is 26.7 Å². The lowest BCUT2D eigenvalue weighted by atomic mass is 10.1. The number of guanidine groups is 1. The van der Waals surface area contributed by atoms with Crippen LogP contribution in [-0.2, 0) is 13.0 Å². The van der Waals surface area contributed by atoms with E-state index in [0.717, 1.165) is 17.5 Å². The molecule has 0 spiro atoms. The van der Waals surface area contributed by atoms with Crippen molar-refractivity contribution in [3.05, 3.63) is 65.2 Å². The standard InChI is InChI=1S/C22H28F2N4O2/c1-3-26-22(27-11-10-16-6-4-8-18(12-16)21(29)25-2)28-14-17-7-5-9-19(13-17)30-15-20(23)24/h4-9,12-13,20H,3,10-11,14-15H2,1-2H3,(H,25,29)(H2,26,27,28). The molecule has 8 heteroatoms. The molecule has 30 heavy (non-hydrogen) atoms. The Kier molecular flexibility index (Phi) is 9.57. The first-order chi connectivity index (χ1) is 14.5. The minimum absolute atomic E-state index is 0.112. The maximum absolute atomic E-state index is 12.3. The summed E-state index contributed by atoms with van der Waals surface area (Å²) in [6.07, 6.45) is -1.78. The smallest absolute Gasteiger partial charge is 0.272 e. The highest BCUT2D eigenvalue weighted by atomic mass is 19.3. The number of nitrogens with one attached hydrogen (secondary N) is 3. The van der Waals surface area contributed by atoms with Gasteiger partial charge in [-0.25, -0.2) is 13.8 Å². The van der Waals surface area contributed by atoms with Crippen LogP contribution in [0, 0.1) is 0 Å². The third kappa shape index (κ3) is 8.06. The molecule has 2 aromatic rings. The Morgan fingerprint density at radius 2 is 1.87 bits per heavy atom. The van der Waals surface area contributed by atoms with Crippen molar-refractivity contribution >= 4 is 11.9 Å². The lowest BCUT2D eigenvalue weighted by Crippen LogP contribution is -2.38. The molecule has 0 aliphatic rings. The van der Waals surface area contributed by atoms with Crippen molar-refractivity contribution in [2.45, 2.75) is 26.3 Å². The summed E-state index contributed by atoms with van der Waals surface area (Å²) in [5.41, 5.74) is 2.53. The average Bonchev–Trinajstić information content (AvgIpc) is 2.76. The number of alkyl halides is 2. The molecule has 162 valence electrons. The van der Waals surface area contributed by atoms with E-state index < -0.39 is 13.0 Å². The fraction of sp³-hybridized carbons (Fsp3) is 0.364. The zero-order valence-electron chi connectivity index (χ0n) is 17.3. The van der Waals surface area contributed by atoms with Crippen molar-refractivity contribution in [3.63, 3.8) is 0 Å². The van der Waals surface area contributed by atoms with Crippen LogP contribution in [0.15, 0.2) is 53.5 Å². The number of halogens is 2. The Labute approximate surface area is 175 Å². The number of amides is 1. The number of aliphatic imine (C=N–C) groups is 1. The Morgan fingerprint density at radius 3 is 2.60 bits per heavy atom. The van der Waals surface area contributed by atoms with Gasteiger partial charge in [0.05, 0.1) is 6.54 Å². The highest BCUT2D eigenvalue weighted by Crippen LogP contribution is 2.15. The Bertz CT molecular complexity index is 843. The molecule has 0 radical (unpaired) electrons. The van der Waals surface area contributed by atoms with Gasteiger partial charge >= 0.3 is 0 Å². The van der Waals surface area contributed by atoms with Crippen LogP contribution < -0.4 is 20.7 Å². The molecule has 0 aliphatic heterocycles. The number of carbonyl (C=O) groups is 1. The minimum Gasteiger partial charge on any atom is -0.488 e. The number of rotatable bonds is 10. The zero-order chi connectivity index (χ0) is 21.8. The van der Waals surface area contributed by atoms with E-state index in [4.69, 9.17) is 4.74 Å². The summed E-state index contributed by atoms with van der Waals surface area (Å²) in [6, 6.07) is 14.5. The van der Waals surface area contributed by atoms with Crippen molar-refractivity contribution < 1.29 is 18.3 Å². The SMILES string of the molecule is CCNC(=NCc1cccc(OCC(F)F)c1)NCCc1cccc(C(=O)NC)c1.